The van der Waals surface area contributed by atoms with E-state index in [0.717, 1.165) is 16.8 Å². The second-order valence-electron chi connectivity index (χ2n) is 7.99. The predicted octanol–water partition coefficient (Wildman–Crippen LogP) is 4.50. The lowest BCUT2D eigenvalue weighted by Crippen LogP contribution is -2.24. The van der Waals surface area contributed by atoms with Crippen LogP contribution in [-0.4, -0.2) is 34.4 Å². The fourth-order valence-corrected chi connectivity index (χ4v) is 4.81. The Hall–Kier alpha value is -3.78. The van der Waals surface area contributed by atoms with Crippen molar-refractivity contribution in [3.63, 3.8) is 0 Å². The normalized spacial score (nSPS) is 12.5. The van der Waals surface area contributed by atoms with Crippen LogP contribution in [0.4, 0.5) is 5.69 Å². The van der Waals surface area contributed by atoms with E-state index < -0.39 is 0 Å². The van der Waals surface area contributed by atoms with Gasteiger partial charge in [-0.15, -0.1) is 0 Å². The molecule has 0 spiro atoms. The van der Waals surface area contributed by atoms with Crippen LogP contribution < -0.4 is 20.3 Å². The summed E-state index contributed by atoms with van der Waals surface area (Å²) in [6.45, 7) is 4.92. The molecule has 0 bridgehead atoms. The van der Waals surface area contributed by atoms with Crippen molar-refractivity contribution in [3.8, 4) is 17.2 Å². The van der Waals surface area contributed by atoms with Crippen LogP contribution in [0.5, 0.6) is 11.5 Å². The van der Waals surface area contributed by atoms with Gasteiger partial charge in [-0.25, -0.2) is 4.98 Å². The topological polar surface area (TPSA) is 82.5 Å². The Labute approximate surface area is 200 Å². The third kappa shape index (κ3) is 4.24. The molecule has 0 radical (unpaired) electrons. The van der Waals surface area contributed by atoms with Crippen LogP contribution in [0.1, 0.15) is 11.1 Å². The van der Waals surface area contributed by atoms with Crippen LogP contribution in [0.2, 0.25) is 0 Å². The van der Waals surface area contributed by atoms with Gasteiger partial charge in [-0.05, 0) is 49.2 Å². The Kier molecular flexibility index (Phi) is 5.98. The van der Waals surface area contributed by atoms with E-state index >= 15 is 0 Å². The molecule has 5 rings (SSSR count). The first kappa shape index (κ1) is 22.0. The van der Waals surface area contributed by atoms with E-state index in [1.54, 1.807) is 28.8 Å². The van der Waals surface area contributed by atoms with E-state index in [9.17, 15) is 9.59 Å². The lowest BCUT2D eigenvalue weighted by Gasteiger charge is -2.19. The van der Waals surface area contributed by atoms with Gasteiger partial charge in [0.1, 0.15) is 13.2 Å². The highest BCUT2D eigenvalue weighted by Crippen LogP contribution is 2.33. The third-order valence-electron chi connectivity index (χ3n) is 5.57. The van der Waals surface area contributed by atoms with Gasteiger partial charge >= 0.3 is 0 Å². The quantitative estimate of drug-likeness (QED) is 0.339. The number of nitrogens with one attached hydrogen (secondary N) is 1. The number of rotatable bonds is 5. The molecule has 1 amide bonds. The number of carbonyl (C=O) groups excluding carboxylic acids is 1. The van der Waals surface area contributed by atoms with Crippen molar-refractivity contribution in [3.05, 3.63) is 82.1 Å². The summed E-state index contributed by atoms with van der Waals surface area (Å²) >= 11 is 1.23. The Balaban J connectivity index is 1.45. The number of anilines is 1. The summed E-state index contributed by atoms with van der Waals surface area (Å²) in [6, 6.07) is 18.5. The minimum atomic E-state index is -0.211. The van der Waals surface area contributed by atoms with Crippen LogP contribution >= 0.6 is 11.8 Å². The molecule has 0 fully saturated rings. The number of aromatic nitrogens is 2. The summed E-state index contributed by atoms with van der Waals surface area (Å²) in [5, 5.41) is 3.89. The molecular weight excluding hydrogens is 450 g/mol. The lowest BCUT2D eigenvalue weighted by molar-refractivity contribution is -0.113. The van der Waals surface area contributed by atoms with Gasteiger partial charge in [0.15, 0.2) is 16.7 Å². The van der Waals surface area contributed by atoms with Gasteiger partial charge in [-0.2, -0.15) is 0 Å². The first-order valence-corrected chi connectivity index (χ1v) is 11.9. The number of hydrogen-bond donors (Lipinski definition) is 1. The van der Waals surface area contributed by atoms with Crippen molar-refractivity contribution in [1.29, 1.82) is 0 Å². The van der Waals surface area contributed by atoms with Gasteiger partial charge in [0.25, 0.3) is 5.56 Å². The molecule has 1 aromatic heterocycles. The van der Waals surface area contributed by atoms with Crippen molar-refractivity contribution in [2.24, 2.45) is 0 Å². The van der Waals surface area contributed by atoms with Crippen molar-refractivity contribution in [2.45, 2.75) is 19.0 Å². The molecule has 0 saturated carbocycles. The second-order valence-corrected chi connectivity index (χ2v) is 8.93. The zero-order chi connectivity index (χ0) is 23.7. The Morgan fingerprint density at radius 2 is 1.74 bits per heavy atom. The number of benzene rings is 3. The number of hydrogen-bond acceptors (Lipinski definition) is 6. The monoisotopic (exact) mass is 473 g/mol. The number of thioether (sulfide) groups is 1. The summed E-state index contributed by atoms with van der Waals surface area (Å²) in [5.74, 6) is 1.15. The fraction of sp³-hybridized carbons (Fsp3) is 0.192. The number of nitrogens with zero attached hydrogens (tertiary/aromatic N) is 2. The van der Waals surface area contributed by atoms with E-state index in [1.165, 1.54) is 11.8 Å². The summed E-state index contributed by atoms with van der Waals surface area (Å²) in [6.07, 6.45) is 0. The summed E-state index contributed by atoms with van der Waals surface area (Å²) < 4.78 is 12.7. The molecule has 1 aliphatic rings. The van der Waals surface area contributed by atoms with Gasteiger partial charge in [0, 0.05) is 11.8 Å². The average molecular weight is 474 g/mol. The van der Waals surface area contributed by atoms with Crippen molar-refractivity contribution < 1.29 is 14.3 Å². The lowest BCUT2D eigenvalue weighted by atomic mass is 10.1. The maximum atomic E-state index is 13.5. The van der Waals surface area contributed by atoms with Crippen molar-refractivity contribution in [1.82, 2.24) is 9.55 Å². The van der Waals surface area contributed by atoms with E-state index in [-0.39, 0.29) is 17.2 Å². The van der Waals surface area contributed by atoms with Crippen LogP contribution in [-0.2, 0) is 4.79 Å². The molecule has 1 aliphatic heterocycles. The van der Waals surface area contributed by atoms with E-state index in [1.807, 2.05) is 50.2 Å². The molecule has 0 unspecified atom stereocenters. The number of para-hydroxylation sites is 2. The number of aryl methyl sites for hydroxylation is 2. The zero-order valence-electron chi connectivity index (χ0n) is 18.8. The highest BCUT2D eigenvalue weighted by molar-refractivity contribution is 7.99. The molecule has 34 heavy (non-hydrogen) atoms. The van der Waals surface area contributed by atoms with Crippen molar-refractivity contribution in [2.75, 3.05) is 24.3 Å². The molecule has 8 heteroatoms. The molecular formula is C26H23N3O4S. The maximum Gasteiger partial charge on any atom is 0.266 e. The third-order valence-corrected chi connectivity index (χ3v) is 6.50. The first-order chi connectivity index (χ1) is 16.5. The van der Waals surface area contributed by atoms with Gasteiger partial charge in [0.2, 0.25) is 5.91 Å². The van der Waals surface area contributed by atoms with Crippen LogP contribution in [0.15, 0.2) is 70.6 Å². The number of carbonyl (C=O) groups is 1. The fourth-order valence-electron chi connectivity index (χ4n) is 4.01. The Morgan fingerprint density at radius 3 is 2.53 bits per heavy atom. The molecule has 1 N–H and O–H groups in total. The summed E-state index contributed by atoms with van der Waals surface area (Å²) in [7, 11) is 0. The zero-order valence-corrected chi connectivity index (χ0v) is 19.6. The molecule has 0 atom stereocenters. The van der Waals surface area contributed by atoms with Crippen molar-refractivity contribution >= 4 is 34.3 Å². The van der Waals surface area contributed by atoms with E-state index in [2.05, 4.69) is 5.32 Å². The van der Waals surface area contributed by atoms with Crippen LogP contribution in [0, 0.1) is 13.8 Å². The maximum absolute atomic E-state index is 13.5. The van der Waals surface area contributed by atoms with Gasteiger partial charge in [-0.3, -0.25) is 14.2 Å². The van der Waals surface area contributed by atoms with E-state index in [0.29, 0.717) is 46.5 Å². The van der Waals surface area contributed by atoms with Gasteiger partial charge in [0.05, 0.1) is 22.3 Å². The Bertz CT molecular complexity index is 1440. The molecule has 0 saturated heterocycles. The van der Waals surface area contributed by atoms with Crippen LogP contribution in [0.3, 0.4) is 0 Å². The Morgan fingerprint density at radius 1 is 1.00 bits per heavy atom. The summed E-state index contributed by atoms with van der Waals surface area (Å²) in [4.78, 5) is 31.0. The average Bonchev–Trinajstić information content (AvgIpc) is 2.84. The second kappa shape index (κ2) is 9.23. The minimum Gasteiger partial charge on any atom is -0.486 e. The molecule has 0 aliphatic carbocycles. The predicted molar refractivity (Wildman–Crippen MR) is 134 cm³/mol. The van der Waals surface area contributed by atoms with E-state index in [4.69, 9.17) is 14.5 Å². The molecule has 172 valence electrons. The number of ether oxygens (including phenoxy) is 2. The SMILES string of the molecule is Cc1cccc(C)c1-n1c(SCC(=O)Nc2ccc3c(c2)OCCO3)nc2ccccc2c1=O. The van der Waals surface area contributed by atoms with Crippen LogP contribution in [0.25, 0.3) is 16.6 Å². The van der Waals surface area contributed by atoms with Gasteiger partial charge in [-0.1, -0.05) is 42.1 Å². The molecule has 2 heterocycles. The minimum absolute atomic E-state index is 0.0875. The first-order valence-electron chi connectivity index (χ1n) is 10.9. The molecule has 7 nitrogen and oxygen atoms in total. The highest BCUT2D eigenvalue weighted by Gasteiger charge is 2.18. The molecule has 3 aromatic carbocycles. The smallest absolute Gasteiger partial charge is 0.266 e. The molecule has 4 aromatic rings. The standard InChI is InChI=1S/C26H23N3O4S/c1-16-6-5-7-17(2)24(16)29-25(31)19-8-3-4-9-20(19)28-26(29)34-15-23(30)27-18-10-11-21-22(14-18)33-13-12-32-21/h3-11,14H,12-13,15H2,1-2H3,(H,27,30). The number of fused-ring (bicyclic) bond motifs is 2. The highest BCUT2D eigenvalue weighted by atomic mass is 32.2. The van der Waals surface area contributed by atoms with Gasteiger partial charge < -0.3 is 14.8 Å². The largest absolute Gasteiger partial charge is 0.486 e. The number of amides is 1. The summed E-state index contributed by atoms with van der Waals surface area (Å²) in [5.41, 5.74) is 3.78.